The van der Waals surface area contributed by atoms with Crippen LogP contribution in [-0.4, -0.2) is 4.57 Å². The van der Waals surface area contributed by atoms with E-state index in [-0.39, 0.29) is 0 Å². The number of nitrogens with zero attached hydrogens (tertiary/aromatic N) is 1. The van der Waals surface area contributed by atoms with E-state index in [0.717, 1.165) is 12.8 Å². The molecule has 0 N–H and O–H groups in total. The van der Waals surface area contributed by atoms with Gasteiger partial charge in [-0.15, -0.1) is 0 Å². The summed E-state index contributed by atoms with van der Waals surface area (Å²) in [5.74, 6) is 0. The van der Waals surface area contributed by atoms with Gasteiger partial charge < -0.3 is 4.57 Å². The number of aryl methyl sites for hydroxylation is 1. The Labute approximate surface area is 215 Å². The Balaban J connectivity index is 1.36. The molecule has 1 aliphatic rings. The first-order valence-electron chi connectivity index (χ1n) is 13.1. The normalized spacial score (nSPS) is 13.1. The molecule has 0 spiro atoms. The fraction of sp³-hybridized carbons (Fsp3) is 0.0556. The third-order valence-corrected chi connectivity index (χ3v) is 8.04. The topological polar surface area (TPSA) is 4.93 Å². The highest BCUT2D eigenvalue weighted by atomic mass is 15.0. The van der Waals surface area contributed by atoms with Gasteiger partial charge >= 0.3 is 0 Å². The molecule has 0 saturated heterocycles. The van der Waals surface area contributed by atoms with Crippen LogP contribution >= 0.6 is 0 Å². The Morgan fingerprint density at radius 1 is 0.486 bits per heavy atom. The predicted molar refractivity (Wildman–Crippen MR) is 159 cm³/mol. The number of hydrogen-bond donors (Lipinski definition) is 0. The van der Waals surface area contributed by atoms with E-state index in [4.69, 9.17) is 0 Å². The second kappa shape index (κ2) is 7.94. The zero-order valence-corrected chi connectivity index (χ0v) is 20.5. The lowest BCUT2D eigenvalue weighted by atomic mass is 9.92. The van der Waals surface area contributed by atoms with Gasteiger partial charge in [-0.2, -0.15) is 0 Å². The molecular formula is C36H25N. The summed E-state index contributed by atoms with van der Waals surface area (Å²) in [6.07, 6.45) is 6.82. The number of hydrogen-bond acceptors (Lipinski definition) is 0. The number of rotatable bonds is 2. The van der Waals surface area contributed by atoms with Gasteiger partial charge in [0.2, 0.25) is 0 Å². The maximum absolute atomic E-state index is 2.44. The van der Waals surface area contributed by atoms with Crippen LogP contribution in [0.4, 0.5) is 0 Å². The molecule has 0 aliphatic heterocycles. The van der Waals surface area contributed by atoms with Crippen LogP contribution in [0.15, 0.2) is 121 Å². The minimum absolute atomic E-state index is 1.10. The second-order valence-electron chi connectivity index (χ2n) is 10.1. The van der Waals surface area contributed by atoms with Gasteiger partial charge in [-0.25, -0.2) is 0 Å². The molecule has 7 aromatic rings. The Morgan fingerprint density at radius 2 is 1.11 bits per heavy atom. The zero-order chi connectivity index (χ0) is 24.3. The van der Waals surface area contributed by atoms with Gasteiger partial charge in [0.1, 0.15) is 0 Å². The molecule has 0 fully saturated rings. The third-order valence-electron chi connectivity index (χ3n) is 8.04. The molecule has 174 valence electrons. The van der Waals surface area contributed by atoms with E-state index in [1.54, 1.807) is 0 Å². The third kappa shape index (κ3) is 3.04. The molecule has 0 amide bonds. The van der Waals surface area contributed by atoms with Crippen molar-refractivity contribution >= 4 is 49.3 Å². The first-order valence-corrected chi connectivity index (χ1v) is 13.1. The van der Waals surface area contributed by atoms with Crippen LogP contribution in [0.2, 0.25) is 0 Å². The van der Waals surface area contributed by atoms with Crippen molar-refractivity contribution < 1.29 is 0 Å². The lowest BCUT2D eigenvalue weighted by Gasteiger charge is -2.14. The maximum Gasteiger partial charge on any atom is 0.0537 e. The maximum atomic E-state index is 2.44. The van der Waals surface area contributed by atoms with Crippen LogP contribution in [-0.2, 0) is 6.42 Å². The summed E-state index contributed by atoms with van der Waals surface area (Å²) in [6.45, 7) is 0. The number of para-hydroxylation sites is 1. The highest BCUT2D eigenvalue weighted by Gasteiger charge is 2.18. The van der Waals surface area contributed by atoms with Crippen molar-refractivity contribution in [1.29, 1.82) is 0 Å². The van der Waals surface area contributed by atoms with Gasteiger partial charge in [0, 0.05) is 16.8 Å². The minimum Gasteiger partial charge on any atom is -0.310 e. The van der Waals surface area contributed by atoms with Crippen LogP contribution in [0.3, 0.4) is 0 Å². The van der Waals surface area contributed by atoms with Gasteiger partial charge in [0.25, 0.3) is 0 Å². The number of aromatic nitrogens is 1. The average Bonchev–Trinajstić information content (AvgIpc) is 3.32. The zero-order valence-electron chi connectivity index (χ0n) is 20.5. The van der Waals surface area contributed by atoms with Crippen LogP contribution < -0.4 is 0 Å². The van der Waals surface area contributed by atoms with Crippen LogP contribution in [0.1, 0.15) is 17.7 Å². The molecule has 0 bridgehead atoms. The van der Waals surface area contributed by atoms with Crippen LogP contribution in [0.25, 0.3) is 66.1 Å². The van der Waals surface area contributed by atoms with E-state index in [1.807, 2.05) is 0 Å². The van der Waals surface area contributed by atoms with Gasteiger partial charge in [-0.05, 0) is 92.2 Å². The lowest BCUT2D eigenvalue weighted by Crippen LogP contribution is -2.00. The molecule has 0 saturated carbocycles. The van der Waals surface area contributed by atoms with E-state index >= 15 is 0 Å². The molecule has 37 heavy (non-hydrogen) atoms. The van der Waals surface area contributed by atoms with E-state index in [2.05, 4.69) is 132 Å². The van der Waals surface area contributed by atoms with Gasteiger partial charge in [0.15, 0.2) is 0 Å². The molecule has 1 heterocycles. The highest BCUT2D eigenvalue weighted by Crippen LogP contribution is 2.38. The van der Waals surface area contributed by atoms with Crippen molar-refractivity contribution in [2.75, 3.05) is 0 Å². The molecular weight excluding hydrogens is 446 g/mol. The molecule has 0 unspecified atom stereocenters. The SMILES string of the molecule is C1=Cc2c(c3ccccc3n2-c2cccc(-c3ccc4c5ccccc5c5ccccc5c4c3)c2)CC1. The van der Waals surface area contributed by atoms with Crippen molar-refractivity contribution in [3.63, 3.8) is 0 Å². The summed E-state index contributed by atoms with van der Waals surface area (Å²) in [4.78, 5) is 0. The minimum atomic E-state index is 1.10. The fourth-order valence-electron chi connectivity index (χ4n) is 6.38. The van der Waals surface area contributed by atoms with Crippen LogP contribution in [0.5, 0.6) is 0 Å². The van der Waals surface area contributed by atoms with Crippen molar-refractivity contribution in [1.82, 2.24) is 4.57 Å². The largest absolute Gasteiger partial charge is 0.310 e. The van der Waals surface area contributed by atoms with E-state index < -0.39 is 0 Å². The highest BCUT2D eigenvalue weighted by molar-refractivity contribution is 6.25. The predicted octanol–water partition coefficient (Wildman–Crippen LogP) is 9.72. The Morgan fingerprint density at radius 3 is 1.86 bits per heavy atom. The quantitative estimate of drug-likeness (QED) is 0.221. The molecule has 1 nitrogen and oxygen atoms in total. The monoisotopic (exact) mass is 471 g/mol. The molecule has 0 atom stereocenters. The van der Waals surface area contributed by atoms with Crippen molar-refractivity contribution in [2.45, 2.75) is 12.8 Å². The van der Waals surface area contributed by atoms with Crippen molar-refractivity contribution in [3.05, 3.63) is 133 Å². The molecule has 1 aliphatic carbocycles. The summed E-state index contributed by atoms with van der Waals surface area (Å²) in [6, 6.07) is 42.4. The summed E-state index contributed by atoms with van der Waals surface area (Å²) in [7, 11) is 0. The molecule has 1 aromatic heterocycles. The first-order chi connectivity index (χ1) is 18.4. The Kier molecular flexibility index (Phi) is 4.41. The first kappa shape index (κ1) is 20.6. The summed E-state index contributed by atoms with van der Waals surface area (Å²) >= 11 is 0. The number of fused-ring (bicyclic) bond motifs is 9. The summed E-state index contributed by atoms with van der Waals surface area (Å²) in [5.41, 5.74) is 7.77. The molecule has 0 radical (unpaired) electrons. The van der Waals surface area contributed by atoms with Gasteiger partial charge in [0.05, 0.1) is 5.52 Å². The van der Waals surface area contributed by atoms with Crippen LogP contribution in [0, 0.1) is 0 Å². The average molecular weight is 472 g/mol. The second-order valence-corrected chi connectivity index (χ2v) is 10.1. The fourth-order valence-corrected chi connectivity index (χ4v) is 6.38. The molecule has 8 rings (SSSR count). The van der Waals surface area contributed by atoms with Crippen molar-refractivity contribution in [2.24, 2.45) is 0 Å². The van der Waals surface area contributed by atoms with E-state index in [9.17, 15) is 0 Å². The molecule has 1 heteroatoms. The summed E-state index contributed by atoms with van der Waals surface area (Å²) < 4.78 is 2.44. The summed E-state index contributed by atoms with van der Waals surface area (Å²) in [5, 5.41) is 9.25. The molecule has 6 aromatic carbocycles. The van der Waals surface area contributed by atoms with Crippen molar-refractivity contribution in [3.8, 4) is 16.8 Å². The number of allylic oxidation sites excluding steroid dienone is 1. The van der Waals surface area contributed by atoms with E-state index in [1.165, 1.54) is 71.3 Å². The number of benzene rings is 6. The standard InChI is InChI=1S/C36H25N/c1-2-14-29-27(12-1)28-13-3-4-15-30(28)34-23-25(20-21-31(29)34)24-10-9-11-26(22-24)37-35-18-7-5-16-32(35)33-17-6-8-19-36(33)37/h1-5,7-16,18-23H,6,17H2. The smallest absolute Gasteiger partial charge is 0.0537 e. The Bertz CT molecular complexity index is 2000. The lowest BCUT2D eigenvalue weighted by molar-refractivity contribution is 0.968. The van der Waals surface area contributed by atoms with E-state index in [0.29, 0.717) is 0 Å². The van der Waals surface area contributed by atoms with Gasteiger partial charge in [-0.3, -0.25) is 0 Å². The van der Waals surface area contributed by atoms with Gasteiger partial charge in [-0.1, -0.05) is 97.1 Å². The Hall–Kier alpha value is -4.62.